The molecule has 0 saturated carbocycles. The normalized spacial score (nSPS) is 14.2. The molecule has 7 nitrogen and oxygen atoms in total. The first-order valence-electron chi connectivity index (χ1n) is 9.65. The lowest BCUT2D eigenvalue weighted by Gasteiger charge is -2.34. The predicted molar refractivity (Wildman–Crippen MR) is 104 cm³/mol. The van der Waals surface area contributed by atoms with Gasteiger partial charge in [-0.25, -0.2) is 0 Å². The summed E-state index contributed by atoms with van der Waals surface area (Å²) in [6.07, 6.45) is 1.12. The lowest BCUT2D eigenvalue weighted by Crippen LogP contribution is -2.50. The molecule has 3 rings (SSSR count). The van der Waals surface area contributed by atoms with Crippen molar-refractivity contribution in [2.24, 2.45) is 0 Å². The average molecular weight is 385 g/mol. The van der Waals surface area contributed by atoms with Crippen LogP contribution in [0.2, 0.25) is 0 Å². The van der Waals surface area contributed by atoms with Crippen LogP contribution < -0.4 is 4.74 Å². The van der Waals surface area contributed by atoms with Crippen LogP contribution in [0, 0.1) is 20.8 Å². The summed E-state index contributed by atoms with van der Waals surface area (Å²) in [5, 5.41) is 3.77. The Morgan fingerprint density at radius 3 is 2.32 bits per heavy atom. The summed E-state index contributed by atoms with van der Waals surface area (Å²) in [5.41, 5.74) is 2.53. The highest BCUT2D eigenvalue weighted by Crippen LogP contribution is 2.22. The Morgan fingerprint density at radius 1 is 1.07 bits per heavy atom. The minimum atomic E-state index is -0.147. The molecule has 2 amide bonds. The van der Waals surface area contributed by atoms with E-state index in [0.29, 0.717) is 57.1 Å². The fourth-order valence-corrected chi connectivity index (χ4v) is 3.37. The van der Waals surface area contributed by atoms with Crippen molar-refractivity contribution in [2.45, 2.75) is 33.6 Å². The van der Waals surface area contributed by atoms with E-state index >= 15 is 0 Å². The molecule has 1 saturated heterocycles. The van der Waals surface area contributed by atoms with E-state index in [1.165, 1.54) is 0 Å². The Labute approximate surface area is 165 Å². The summed E-state index contributed by atoms with van der Waals surface area (Å²) >= 11 is 0. The van der Waals surface area contributed by atoms with Crippen molar-refractivity contribution in [3.63, 3.8) is 0 Å². The van der Waals surface area contributed by atoms with Gasteiger partial charge in [0.05, 0.1) is 6.61 Å². The van der Waals surface area contributed by atoms with E-state index in [1.54, 1.807) is 17.9 Å². The first-order chi connectivity index (χ1) is 13.5. The van der Waals surface area contributed by atoms with E-state index in [2.05, 4.69) is 5.16 Å². The number of carbonyl (C=O) groups excluding carboxylic acids is 2. The van der Waals surface area contributed by atoms with Crippen molar-refractivity contribution in [3.05, 3.63) is 46.8 Å². The van der Waals surface area contributed by atoms with Gasteiger partial charge in [-0.1, -0.05) is 23.4 Å². The molecule has 1 aliphatic rings. The van der Waals surface area contributed by atoms with Crippen molar-refractivity contribution in [2.75, 3.05) is 32.8 Å². The van der Waals surface area contributed by atoms with Gasteiger partial charge in [0, 0.05) is 38.7 Å². The van der Waals surface area contributed by atoms with E-state index in [-0.39, 0.29) is 11.8 Å². The van der Waals surface area contributed by atoms with Crippen molar-refractivity contribution in [1.29, 1.82) is 0 Å². The maximum atomic E-state index is 12.4. The topological polar surface area (TPSA) is 75.9 Å². The highest BCUT2D eigenvalue weighted by atomic mass is 16.5. The first kappa shape index (κ1) is 19.9. The molecule has 2 aromatic rings. The average Bonchev–Trinajstić information content (AvgIpc) is 3.12. The fraction of sp³-hybridized carbons (Fsp3) is 0.476. The van der Waals surface area contributed by atoms with Crippen LogP contribution >= 0.6 is 0 Å². The van der Waals surface area contributed by atoms with Gasteiger partial charge < -0.3 is 19.1 Å². The molecule has 28 heavy (non-hydrogen) atoms. The van der Waals surface area contributed by atoms with Crippen molar-refractivity contribution in [1.82, 2.24) is 15.0 Å². The molecule has 1 fully saturated rings. The molecule has 1 aromatic carbocycles. The molecule has 0 radical (unpaired) electrons. The number of carbonyl (C=O) groups is 2. The second kappa shape index (κ2) is 8.91. The zero-order valence-corrected chi connectivity index (χ0v) is 16.7. The second-order valence-electron chi connectivity index (χ2n) is 7.17. The largest absolute Gasteiger partial charge is 0.493 e. The molecule has 0 N–H and O–H groups in total. The quantitative estimate of drug-likeness (QED) is 0.715. The van der Waals surface area contributed by atoms with E-state index in [0.717, 1.165) is 16.9 Å². The minimum Gasteiger partial charge on any atom is -0.493 e. The van der Waals surface area contributed by atoms with E-state index in [1.807, 2.05) is 36.9 Å². The molecule has 0 bridgehead atoms. The highest BCUT2D eigenvalue weighted by molar-refractivity contribution is 5.92. The van der Waals surface area contributed by atoms with Crippen LogP contribution in [0.5, 0.6) is 5.75 Å². The van der Waals surface area contributed by atoms with Crippen LogP contribution in [-0.4, -0.2) is 59.6 Å². The Hall–Kier alpha value is -2.83. The number of ether oxygens (including phenoxy) is 1. The predicted octanol–water partition coefficient (Wildman–Crippen LogP) is 2.74. The summed E-state index contributed by atoms with van der Waals surface area (Å²) in [7, 11) is 0. The van der Waals surface area contributed by atoms with Gasteiger partial charge in [-0.3, -0.25) is 9.59 Å². The van der Waals surface area contributed by atoms with E-state index in [4.69, 9.17) is 9.26 Å². The van der Waals surface area contributed by atoms with Crippen molar-refractivity contribution < 1.29 is 18.8 Å². The Kier molecular flexibility index (Phi) is 6.34. The van der Waals surface area contributed by atoms with Crippen LogP contribution in [0.4, 0.5) is 0 Å². The molecular formula is C21H27N3O4. The van der Waals surface area contributed by atoms with Crippen molar-refractivity contribution in [3.8, 4) is 5.75 Å². The van der Waals surface area contributed by atoms with Crippen LogP contribution in [0.25, 0.3) is 0 Å². The Morgan fingerprint density at radius 2 is 1.71 bits per heavy atom. The lowest BCUT2D eigenvalue weighted by atomic mass is 10.1. The maximum Gasteiger partial charge on any atom is 0.276 e. The zero-order valence-electron chi connectivity index (χ0n) is 16.7. The number of benzene rings is 1. The zero-order chi connectivity index (χ0) is 20.1. The first-order valence-corrected chi connectivity index (χ1v) is 9.65. The number of amides is 2. The number of para-hydroxylation sites is 1. The summed E-state index contributed by atoms with van der Waals surface area (Å²) in [6.45, 7) is 8.41. The van der Waals surface area contributed by atoms with E-state index < -0.39 is 0 Å². The molecule has 0 aliphatic carbocycles. The molecule has 1 aliphatic heterocycles. The summed E-state index contributed by atoms with van der Waals surface area (Å²) in [6, 6.07) is 7.69. The fourth-order valence-electron chi connectivity index (χ4n) is 3.37. The minimum absolute atomic E-state index is 0.106. The molecular weight excluding hydrogens is 358 g/mol. The summed E-state index contributed by atoms with van der Waals surface area (Å²) in [4.78, 5) is 28.3. The number of piperazine rings is 1. The third-order valence-electron chi connectivity index (χ3n) is 4.96. The van der Waals surface area contributed by atoms with E-state index in [9.17, 15) is 9.59 Å². The number of rotatable bonds is 6. The van der Waals surface area contributed by atoms with Gasteiger partial charge >= 0.3 is 0 Å². The maximum absolute atomic E-state index is 12.4. The number of aryl methyl sites for hydroxylation is 3. The summed E-state index contributed by atoms with van der Waals surface area (Å²) < 4.78 is 10.8. The molecule has 0 unspecified atom stereocenters. The van der Waals surface area contributed by atoms with Gasteiger partial charge in [0.15, 0.2) is 5.69 Å². The molecule has 0 atom stereocenters. The molecule has 150 valence electrons. The van der Waals surface area contributed by atoms with Gasteiger partial charge in [0.2, 0.25) is 5.91 Å². The number of hydrogen-bond donors (Lipinski definition) is 0. The third-order valence-corrected chi connectivity index (χ3v) is 4.96. The lowest BCUT2D eigenvalue weighted by molar-refractivity contribution is -0.132. The van der Waals surface area contributed by atoms with Gasteiger partial charge in [0.25, 0.3) is 5.91 Å². The number of hydrogen-bond acceptors (Lipinski definition) is 5. The van der Waals surface area contributed by atoms with Crippen LogP contribution in [0.15, 0.2) is 28.8 Å². The molecule has 0 spiro atoms. The SMILES string of the molecule is Cc1cc(C(=O)N2CCN(C(=O)CCCOc3c(C)cccc3C)CC2)no1. The van der Waals surface area contributed by atoms with Crippen LogP contribution in [0.1, 0.15) is 40.2 Å². The number of aromatic nitrogens is 1. The van der Waals surface area contributed by atoms with Gasteiger partial charge in [-0.2, -0.15) is 0 Å². The van der Waals surface area contributed by atoms with Crippen molar-refractivity contribution >= 4 is 11.8 Å². The highest BCUT2D eigenvalue weighted by Gasteiger charge is 2.26. The smallest absolute Gasteiger partial charge is 0.276 e. The number of nitrogens with zero attached hydrogens (tertiary/aromatic N) is 3. The molecule has 7 heteroatoms. The monoisotopic (exact) mass is 385 g/mol. The Balaban J connectivity index is 1.40. The Bertz CT molecular complexity index is 818. The summed E-state index contributed by atoms with van der Waals surface area (Å²) in [5.74, 6) is 1.48. The van der Waals surface area contributed by atoms with Gasteiger partial charge in [-0.15, -0.1) is 0 Å². The van der Waals surface area contributed by atoms with Gasteiger partial charge in [0.1, 0.15) is 11.5 Å². The molecule has 1 aromatic heterocycles. The third kappa shape index (κ3) is 4.71. The van der Waals surface area contributed by atoms with Gasteiger partial charge in [-0.05, 0) is 38.3 Å². The second-order valence-corrected chi connectivity index (χ2v) is 7.17. The van der Waals surface area contributed by atoms with Crippen LogP contribution in [0.3, 0.4) is 0 Å². The molecule has 2 heterocycles. The van der Waals surface area contributed by atoms with Crippen LogP contribution in [-0.2, 0) is 4.79 Å². The standard InChI is InChI=1S/C21H27N3O4/c1-15-6-4-7-16(2)20(15)27-13-5-8-19(25)23-9-11-24(12-10-23)21(26)18-14-17(3)28-22-18/h4,6-7,14H,5,8-13H2,1-3H3.